The van der Waals surface area contributed by atoms with Crippen molar-refractivity contribution in [2.75, 3.05) is 38.2 Å². The standard InChI is InChI=1S/C20H21N3O3S/c1-26-16-6-4-5-15(13-16)21-9-11-22(12-10-21)19(24)14-23-20(25)17-7-2-3-8-18(17)27-23/h2-8,13H,9-12,14H2,1H3. The van der Waals surface area contributed by atoms with E-state index in [4.69, 9.17) is 4.74 Å². The molecular weight excluding hydrogens is 362 g/mol. The van der Waals surface area contributed by atoms with Gasteiger partial charge in [0.05, 0.1) is 17.2 Å². The van der Waals surface area contributed by atoms with Crippen LogP contribution in [0.1, 0.15) is 0 Å². The summed E-state index contributed by atoms with van der Waals surface area (Å²) in [6.07, 6.45) is 0. The molecule has 1 aliphatic heterocycles. The van der Waals surface area contributed by atoms with E-state index in [0.717, 1.165) is 29.2 Å². The molecule has 2 heterocycles. The van der Waals surface area contributed by atoms with Crippen LogP contribution in [-0.4, -0.2) is 48.1 Å². The first-order valence-electron chi connectivity index (χ1n) is 8.91. The lowest BCUT2D eigenvalue weighted by molar-refractivity contribution is -0.132. The lowest BCUT2D eigenvalue weighted by Crippen LogP contribution is -2.49. The number of hydrogen-bond acceptors (Lipinski definition) is 5. The van der Waals surface area contributed by atoms with Gasteiger partial charge in [-0.05, 0) is 24.3 Å². The van der Waals surface area contributed by atoms with Crippen LogP contribution in [0.5, 0.6) is 5.75 Å². The van der Waals surface area contributed by atoms with Crippen LogP contribution in [0.2, 0.25) is 0 Å². The Kier molecular flexibility index (Phi) is 4.85. The van der Waals surface area contributed by atoms with Gasteiger partial charge in [0.1, 0.15) is 12.3 Å². The van der Waals surface area contributed by atoms with E-state index in [1.165, 1.54) is 11.5 Å². The molecule has 3 aromatic rings. The summed E-state index contributed by atoms with van der Waals surface area (Å²) in [4.78, 5) is 29.2. The third-order valence-corrected chi connectivity index (χ3v) is 5.95. The second-order valence-electron chi connectivity index (χ2n) is 6.50. The lowest BCUT2D eigenvalue weighted by Gasteiger charge is -2.36. The van der Waals surface area contributed by atoms with E-state index in [1.807, 2.05) is 47.4 Å². The quantitative estimate of drug-likeness (QED) is 0.694. The van der Waals surface area contributed by atoms with E-state index >= 15 is 0 Å². The summed E-state index contributed by atoms with van der Waals surface area (Å²) in [5, 5.41) is 0.679. The van der Waals surface area contributed by atoms with Crippen LogP contribution in [-0.2, 0) is 11.3 Å². The maximum absolute atomic E-state index is 12.7. The van der Waals surface area contributed by atoms with Crippen molar-refractivity contribution in [1.82, 2.24) is 8.86 Å². The molecule has 1 fully saturated rings. The molecule has 7 heteroatoms. The Morgan fingerprint density at radius 2 is 1.85 bits per heavy atom. The Morgan fingerprint density at radius 1 is 1.07 bits per heavy atom. The van der Waals surface area contributed by atoms with Gasteiger partial charge < -0.3 is 14.5 Å². The smallest absolute Gasteiger partial charge is 0.268 e. The topological polar surface area (TPSA) is 54.8 Å². The number of hydrogen-bond donors (Lipinski definition) is 0. The molecule has 27 heavy (non-hydrogen) atoms. The number of piperazine rings is 1. The van der Waals surface area contributed by atoms with E-state index in [-0.39, 0.29) is 18.0 Å². The van der Waals surface area contributed by atoms with E-state index in [1.54, 1.807) is 11.1 Å². The Labute approximate surface area is 161 Å². The van der Waals surface area contributed by atoms with Crippen LogP contribution in [0, 0.1) is 0 Å². The van der Waals surface area contributed by atoms with Crippen molar-refractivity contribution in [2.24, 2.45) is 0 Å². The number of anilines is 1. The molecule has 2 aromatic carbocycles. The van der Waals surface area contributed by atoms with Crippen LogP contribution >= 0.6 is 11.5 Å². The highest BCUT2D eigenvalue weighted by atomic mass is 32.1. The van der Waals surface area contributed by atoms with Crippen LogP contribution < -0.4 is 15.2 Å². The maximum Gasteiger partial charge on any atom is 0.268 e. The molecule has 1 amide bonds. The number of methoxy groups -OCH3 is 1. The number of carbonyl (C=O) groups is 1. The maximum atomic E-state index is 12.7. The normalized spacial score (nSPS) is 14.6. The fraction of sp³-hybridized carbons (Fsp3) is 0.300. The van der Waals surface area contributed by atoms with Crippen LogP contribution in [0.15, 0.2) is 53.3 Å². The predicted octanol–water partition coefficient (Wildman–Crippen LogP) is 2.42. The van der Waals surface area contributed by atoms with Crippen LogP contribution in [0.4, 0.5) is 5.69 Å². The molecule has 0 spiro atoms. The SMILES string of the molecule is COc1cccc(N2CCN(C(=O)Cn3sc4ccccc4c3=O)CC2)c1. The molecule has 1 saturated heterocycles. The van der Waals surface area contributed by atoms with Crippen molar-refractivity contribution < 1.29 is 9.53 Å². The highest BCUT2D eigenvalue weighted by molar-refractivity contribution is 7.13. The molecular formula is C20H21N3O3S. The number of nitrogens with zero attached hydrogens (tertiary/aromatic N) is 3. The average molecular weight is 383 g/mol. The molecule has 140 valence electrons. The van der Waals surface area contributed by atoms with Gasteiger partial charge in [-0.1, -0.05) is 29.7 Å². The molecule has 0 bridgehead atoms. The predicted molar refractivity (Wildman–Crippen MR) is 108 cm³/mol. The van der Waals surface area contributed by atoms with Gasteiger partial charge in [-0.3, -0.25) is 13.5 Å². The Balaban J connectivity index is 1.41. The van der Waals surface area contributed by atoms with Gasteiger partial charge in [-0.2, -0.15) is 0 Å². The third-order valence-electron chi connectivity index (χ3n) is 4.88. The van der Waals surface area contributed by atoms with Crippen molar-refractivity contribution in [3.63, 3.8) is 0 Å². The number of rotatable bonds is 4. The number of fused-ring (bicyclic) bond motifs is 1. The van der Waals surface area contributed by atoms with Gasteiger partial charge in [0, 0.05) is 37.9 Å². The molecule has 0 aliphatic carbocycles. The van der Waals surface area contributed by atoms with Crippen molar-refractivity contribution in [3.8, 4) is 5.75 Å². The Morgan fingerprint density at radius 3 is 2.59 bits per heavy atom. The fourth-order valence-corrected chi connectivity index (χ4v) is 4.35. The lowest BCUT2D eigenvalue weighted by atomic mass is 10.2. The van der Waals surface area contributed by atoms with Gasteiger partial charge in [0.2, 0.25) is 5.91 Å². The van der Waals surface area contributed by atoms with E-state index in [2.05, 4.69) is 11.0 Å². The van der Waals surface area contributed by atoms with E-state index < -0.39 is 0 Å². The number of benzene rings is 2. The number of carbonyl (C=O) groups excluding carboxylic acids is 1. The zero-order chi connectivity index (χ0) is 18.8. The number of aromatic nitrogens is 1. The largest absolute Gasteiger partial charge is 0.497 e. The van der Waals surface area contributed by atoms with Crippen molar-refractivity contribution >= 4 is 33.2 Å². The molecule has 1 aromatic heterocycles. The molecule has 0 radical (unpaired) electrons. The van der Waals surface area contributed by atoms with Crippen molar-refractivity contribution in [3.05, 3.63) is 58.9 Å². The zero-order valence-electron chi connectivity index (χ0n) is 15.1. The second kappa shape index (κ2) is 7.44. The number of amides is 1. The van der Waals surface area contributed by atoms with Crippen LogP contribution in [0.25, 0.3) is 10.1 Å². The molecule has 1 aliphatic rings. The van der Waals surface area contributed by atoms with Gasteiger partial charge in [-0.25, -0.2) is 0 Å². The van der Waals surface area contributed by atoms with Gasteiger partial charge >= 0.3 is 0 Å². The Hall–Kier alpha value is -2.80. The van der Waals surface area contributed by atoms with Gasteiger partial charge in [0.25, 0.3) is 5.56 Å². The summed E-state index contributed by atoms with van der Waals surface area (Å²) < 4.78 is 7.76. The molecule has 0 saturated carbocycles. The highest BCUT2D eigenvalue weighted by Gasteiger charge is 2.22. The average Bonchev–Trinajstić information content (AvgIpc) is 3.04. The van der Waals surface area contributed by atoms with Crippen molar-refractivity contribution in [1.29, 1.82) is 0 Å². The highest BCUT2D eigenvalue weighted by Crippen LogP contribution is 2.22. The van der Waals surface area contributed by atoms with Gasteiger partial charge in [-0.15, -0.1) is 0 Å². The summed E-state index contributed by atoms with van der Waals surface area (Å²) in [6, 6.07) is 15.4. The monoisotopic (exact) mass is 383 g/mol. The first-order valence-corrected chi connectivity index (χ1v) is 9.68. The summed E-state index contributed by atoms with van der Waals surface area (Å²) in [7, 11) is 1.66. The second-order valence-corrected chi connectivity index (χ2v) is 7.56. The zero-order valence-corrected chi connectivity index (χ0v) is 15.9. The number of ether oxygens (including phenoxy) is 1. The minimum atomic E-state index is -0.0843. The van der Waals surface area contributed by atoms with Gasteiger partial charge in [0.15, 0.2) is 0 Å². The minimum Gasteiger partial charge on any atom is -0.497 e. The summed E-state index contributed by atoms with van der Waals surface area (Å²) in [5.41, 5.74) is 1.01. The first kappa shape index (κ1) is 17.6. The summed E-state index contributed by atoms with van der Waals surface area (Å²) in [6.45, 7) is 2.93. The van der Waals surface area contributed by atoms with E-state index in [0.29, 0.717) is 18.5 Å². The van der Waals surface area contributed by atoms with Crippen molar-refractivity contribution in [2.45, 2.75) is 6.54 Å². The fourth-order valence-electron chi connectivity index (χ4n) is 3.37. The molecule has 0 unspecified atom stereocenters. The molecule has 0 atom stereocenters. The van der Waals surface area contributed by atoms with Crippen LogP contribution in [0.3, 0.4) is 0 Å². The minimum absolute atomic E-state index is 0.00560. The molecule has 0 N–H and O–H groups in total. The molecule has 4 rings (SSSR count). The first-order chi connectivity index (χ1) is 13.2. The summed E-state index contributed by atoms with van der Waals surface area (Å²) >= 11 is 1.35. The third kappa shape index (κ3) is 3.55. The summed E-state index contributed by atoms with van der Waals surface area (Å²) in [5.74, 6) is 0.823. The molecule has 6 nitrogen and oxygen atoms in total. The van der Waals surface area contributed by atoms with E-state index in [9.17, 15) is 9.59 Å². The Bertz CT molecular complexity index is 1020.